The highest BCUT2D eigenvalue weighted by atomic mass is 19.3. The average Bonchev–Trinajstić information content (AvgIpc) is 2.45. The van der Waals surface area contributed by atoms with Gasteiger partial charge < -0.3 is 0 Å². The second-order valence-electron chi connectivity index (χ2n) is 4.13. The van der Waals surface area contributed by atoms with Crippen molar-refractivity contribution in [2.24, 2.45) is 5.92 Å². The lowest BCUT2D eigenvalue weighted by Crippen LogP contribution is -2.22. The Labute approximate surface area is 77.3 Å². The molecule has 2 rings (SSSR count). The number of allylic oxidation sites excluding steroid dienone is 4. The molecule has 72 valence electrons. The lowest BCUT2D eigenvalue weighted by Gasteiger charge is -2.18. The predicted molar refractivity (Wildman–Crippen MR) is 48.7 cm³/mol. The Morgan fingerprint density at radius 3 is 2.77 bits per heavy atom. The van der Waals surface area contributed by atoms with E-state index in [-0.39, 0.29) is 0 Å². The molecule has 0 radical (unpaired) electrons. The zero-order chi connectivity index (χ0) is 9.47. The summed E-state index contributed by atoms with van der Waals surface area (Å²) in [4.78, 5) is 0. The van der Waals surface area contributed by atoms with Crippen molar-refractivity contribution in [3.8, 4) is 0 Å². The third kappa shape index (κ3) is 1.67. The third-order valence-electron chi connectivity index (χ3n) is 3.06. The summed E-state index contributed by atoms with van der Waals surface area (Å²) in [5.74, 6) is -2.95. The maximum Gasteiger partial charge on any atom is 0.248 e. The molecule has 0 saturated carbocycles. The molecule has 0 aromatic carbocycles. The van der Waals surface area contributed by atoms with Crippen LogP contribution in [0.25, 0.3) is 0 Å². The summed E-state index contributed by atoms with van der Waals surface area (Å²) in [6, 6.07) is 0. The van der Waals surface area contributed by atoms with Crippen LogP contribution in [0.1, 0.15) is 32.6 Å². The molecule has 1 atom stereocenters. The highest BCUT2D eigenvalue weighted by Crippen LogP contribution is 2.44. The summed E-state index contributed by atoms with van der Waals surface area (Å²) in [6.45, 7) is 1.04. The van der Waals surface area contributed by atoms with Gasteiger partial charge in [-0.2, -0.15) is 0 Å². The van der Waals surface area contributed by atoms with Gasteiger partial charge in [-0.05, 0) is 38.2 Å². The van der Waals surface area contributed by atoms with Crippen LogP contribution in [0.2, 0.25) is 0 Å². The molecule has 2 heteroatoms. The average molecular weight is 184 g/mol. The predicted octanol–water partition coefficient (Wildman–Crippen LogP) is 3.70. The van der Waals surface area contributed by atoms with Crippen molar-refractivity contribution in [2.75, 3.05) is 0 Å². The first-order chi connectivity index (χ1) is 6.07. The van der Waals surface area contributed by atoms with E-state index < -0.39 is 11.8 Å². The number of alkyl halides is 2. The molecule has 2 aliphatic carbocycles. The fraction of sp³-hybridized carbons (Fsp3) is 0.636. The number of hydrogen-bond acceptors (Lipinski definition) is 0. The summed E-state index contributed by atoms with van der Waals surface area (Å²) in [5, 5.41) is 0. The molecule has 0 aliphatic heterocycles. The van der Waals surface area contributed by atoms with Crippen molar-refractivity contribution in [1.29, 1.82) is 0 Å². The molecule has 0 fully saturated rings. The molecule has 13 heavy (non-hydrogen) atoms. The van der Waals surface area contributed by atoms with E-state index in [9.17, 15) is 8.78 Å². The summed E-state index contributed by atoms with van der Waals surface area (Å²) in [6.07, 6.45) is 7.34. The van der Waals surface area contributed by atoms with E-state index in [1.165, 1.54) is 11.1 Å². The molecule has 0 saturated heterocycles. The summed E-state index contributed by atoms with van der Waals surface area (Å²) in [7, 11) is 0. The quantitative estimate of drug-likeness (QED) is 0.583. The van der Waals surface area contributed by atoms with E-state index in [1.807, 2.05) is 6.08 Å². The van der Waals surface area contributed by atoms with Crippen LogP contribution in [0.3, 0.4) is 0 Å². The monoisotopic (exact) mass is 184 g/mol. The van der Waals surface area contributed by atoms with Crippen LogP contribution in [0.15, 0.2) is 23.3 Å². The fourth-order valence-electron chi connectivity index (χ4n) is 2.20. The zero-order valence-electron chi connectivity index (χ0n) is 7.82. The highest BCUT2D eigenvalue weighted by Gasteiger charge is 2.38. The molecule has 0 aromatic rings. The van der Waals surface area contributed by atoms with Crippen LogP contribution in [0.4, 0.5) is 8.78 Å². The van der Waals surface area contributed by atoms with Crippen molar-refractivity contribution in [3.63, 3.8) is 0 Å². The molecule has 0 heterocycles. The molecule has 0 spiro atoms. The Kier molecular flexibility index (Phi) is 2.01. The van der Waals surface area contributed by atoms with Gasteiger partial charge in [0, 0.05) is 5.92 Å². The van der Waals surface area contributed by atoms with E-state index in [4.69, 9.17) is 0 Å². The second kappa shape index (κ2) is 2.93. The largest absolute Gasteiger partial charge is 0.248 e. The van der Waals surface area contributed by atoms with Crippen molar-refractivity contribution < 1.29 is 8.78 Å². The van der Waals surface area contributed by atoms with Gasteiger partial charge in [0.15, 0.2) is 0 Å². The van der Waals surface area contributed by atoms with Crippen LogP contribution in [0.5, 0.6) is 0 Å². The Hall–Kier alpha value is -0.660. The molecule has 2 aliphatic rings. The lowest BCUT2D eigenvalue weighted by molar-refractivity contribution is -0.0355. The SMILES string of the molecule is CC(F)(F)C1CC2=C(CCC=C2)C1. The zero-order valence-corrected chi connectivity index (χ0v) is 7.82. The molecular weight excluding hydrogens is 170 g/mol. The summed E-state index contributed by atoms with van der Waals surface area (Å²) in [5.41, 5.74) is 2.45. The van der Waals surface area contributed by atoms with Crippen LogP contribution in [-0.2, 0) is 0 Å². The standard InChI is InChI=1S/C11H14F2/c1-11(12,13)10-6-8-4-2-3-5-9(8)7-10/h2,4,10H,3,5-7H2,1H3. The minimum Gasteiger partial charge on any atom is -0.207 e. The molecular formula is C11H14F2. The van der Waals surface area contributed by atoms with Crippen molar-refractivity contribution in [3.05, 3.63) is 23.3 Å². The normalized spacial score (nSPS) is 28.1. The van der Waals surface area contributed by atoms with Gasteiger partial charge in [-0.25, -0.2) is 8.78 Å². The molecule has 0 nitrogen and oxygen atoms in total. The molecule has 0 aromatic heterocycles. The first-order valence-electron chi connectivity index (χ1n) is 4.82. The summed E-state index contributed by atoms with van der Waals surface area (Å²) >= 11 is 0. The van der Waals surface area contributed by atoms with Gasteiger partial charge in [-0.1, -0.05) is 17.7 Å². The Bertz CT molecular complexity index is 268. The second-order valence-corrected chi connectivity index (χ2v) is 4.13. The Morgan fingerprint density at radius 2 is 2.15 bits per heavy atom. The third-order valence-corrected chi connectivity index (χ3v) is 3.06. The number of hydrogen-bond donors (Lipinski definition) is 0. The fourth-order valence-corrected chi connectivity index (χ4v) is 2.20. The number of rotatable bonds is 1. The lowest BCUT2D eigenvalue weighted by atomic mass is 9.98. The van der Waals surface area contributed by atoms with E-state index in [2.05, 4.69) is 6.08 Å². The first kappa shape index (κ1) is 8.92. The van der Waals surface area contributed by atoms with Crippen LogP contribution in [0, 0.1) is 5.92 Å². The molecule has 0 amide bonds. The minimum atomic E-state index is -2.51. The van der Waals surface area contributed by atoms with E-state index in [0.717, 1.165) is 19.8 Å². The van der Waals surface area contributed by atoms with Gasteiger partial charge in [0.2, 0.25) is 5.92 Å². The topological polar surface area (TPSA) is 0 Å². The molecule has 0 N–H and O–H groups in total. The van der Waals surface area contributed by atoms with Gasteiger partial charge in [0.1, 0.15) is 0 Å². The van der Waals surface area contributed by atoms with Gasteiger partial charge in [-0.3, -0.25) is 0 Å². The maximum absolute atomic E-state index is 13.0. The van der Waals surface area contributed by atoms with E-state index in [1.54, 1.807) is 0 Å². The number of halogens is 2. The van der Waals surface area contributed by atoms with Crippen LogP contribution in [-0.4, -0.2) is 5.92 Å². The van der Waals surface area contributed by atoms with E-state index >= 15 is 0 Å². The van der Waals surface area contributed by atoms with Crippen LogP contribution < -0.4 is 0 Å². The summed E-state index contributed by atoms with van der Waals surface area (Å²) < 4.78 is 26.0. The van der Waals surface area contributed by atoms with Gasteiger partial charge in [-0.15, -0.1) is 0 Å². The highest BCUT2D eigenvalue weighted by molar-refractivity contribution is 5.34. The van der Waals surface area contributed by atoms with E-state index in [0.29, 0.717) is 12.8 Å². The molecule has 1 unspecified atom stereocenters. The molecule has 0 bridgehead atoms. The smallest absolute Gasteiger partial charge is 0.207 e. The first-order valence-corrected chi connectivity index (χ1v) is 4.82. The van der Waals surface area contributed by atoms with Crippen molar-refractivity contribution in [1.82, 2.24) is 0 Å². The maximum atomic E-state index is 13.0. The van der Waals surface area contributed by atoms with Crippen LogP contribution >= 0.6 is 0 Å². The van der Waals surface area contributed by atoms with Gasteiger partial charge in [0.25, 0.3) is 0 Å². The van der Waals surface area contributed by atoms with Crippen molar-refractivity contribution in [2.45, 2.75) is 38.5 Å². The minimum absolute atomic E-state index is 0.444. The van der Waals surface area contributed by atoms with Crippen molar-refractivity contribution >= 4 is 0 Å². The Morgan fingerprint density at radius 1 is 1.38 bits per heavy atom. The van der Waals surface area contributed by atoms with Gasteiger partial charge >= 0.3 is 0 Å². The van der Waals surface area contributed by atoms with Gasteiger partial charge in [0.05, 0.1) is 0 Å². The Balaban J connectivity index is 2.10.